The van der Waals surface area contributed by atoms with E-state index in [4.69, 9.17) is 4.74 Å². The number of hydrogen-bond donors (Lipinski definition) is 2. The van der Waals surface area contributed by atoms with E-state index in [1.165, 1.54) is 5.39 Å². The number of anilines is 1. The van der Waals surface area contributed by atoms with Crippen LogP contribution in [0.4, 0.5) is 5.82 Å². The molecule has 106 valence electrons. The fourth-order valence-electron chi connectivity index (χ4n) is 2.53. The molecule has 0 unspecified atom stereocenters. The summed E-state index contributed by atoms with van der Waals surface area (Å²) in [5.74, 6) is 0.914. The summed E-state index contributed by atoms with van der Waals surface area (Å²) in [7, 11) is 0. The van der Waals surface area contributed by atoms with E-state index in [-0.39, 0.29) is 0 Å². The zero-order valence-electron chi connectivity index (χ0n) is 11.6. The monoisotopic (exact) mass is 271 g/mol. The minimum atomic E-state index is 0.419. The maximum Gasteiger partial charge on any atom is 0.126 e. The Bertz CT molecular complexity index is 552. The van der Waals surface area contributed by atoms with Gasteiger partial charge < -0.3 is 15.4 Å². The molecular formula is C16H21N3O. The first-order valence-electron chi connectivity index (χ1n) is 7.34. The number of para-hydroxylation sites is 1. The number of benzene rings is 1. The zero-order chi connectivity index (χ0) is 13.6. The van der Waals surface area contributed by atoms with Gasteiger partial charge in [-0.15, -0.1) is 0 Å². The number of hydrogen-bond acceptors (Lipinski definition) is 4. The molecular weight excluding hydrogens is 250 g/mol. The molecule has 0 aliphatic carbocycles. The van der Waals surface area contributed by atoms with Gasteiger partial charge in [0.25, 0.3) is 0 Å². The van der Waals surface area contributed by atoms with Crippen LogP contribution >= 0.6 is 0 Å². The fourth-order valence-corrected chi connectivity index (χ4v) is 2.53. The van der Waals surface area contributed by atoms with E-state index in [2.05, 4.69) is 27.8 Å². The van der Waals surface area contributed by atoms with Gasteiger partial charge in [-0.1, -0.05) is 18.2 Å². The second-order valence-corrected chi connectivity index (χ2v) is 5.14. The van der Waals surface area contributed by atoms with Gasteiger partial charge in [0, 0.05) is 11.9 Å². The van der Waals surface area contributed by atoms with Gasteiger partial charge in [0.1, 0.15) is 5.82 Å². The number of pyridine rings is 1. The van der Waals surface area contributed by atoms with Crippen LogP contribution in [0.1, 0.15) is 12.8 Å². The summed E-state index contributed by atoms with van der Waals surface area (Å²) >= 11 is 0. The number of piperidine rings is 1. The Labute approximate surface area is 119 Å². The van der Waals surface area contributed by atoms with Gasteiger partial charge in [0.2, 0.25) is 0 Å². The van der Waals surface area contributed by atoms with Crippen molar-refractivity contribution < 1.29 is 4.74 Å². The van der Waals surface area contributed by atoms with Crippen molar-refractivity contribution in [2.75, 3.05) is 31.6 Å². The maximum absolute atomic E-state index is 5.86. The Morgan fingerprint density at radius 2 is 2.00 bits per heavy atom. The Morgan fingerprint density at radius 1 is 1.15 bits per heavy atom. The average molecular weight is 271 g/mol. The molecule has 3 rings (SSSR count). The summed E-state index contributed by atoms with van der Waals surface area (Å²) < 4.78 is 5.86. The van der Waals surface area contributed by atoms with Gasteiger partial charge in [0.15, 0.2) is 0 Å². The van der Waals surface area contributed by atoms with E-state index >= 15 is 0 Å². The van der Waals surface area contributed by atoms with Gasteiger partial charge in [-0.2, -0.15) is 0 Å². The van der Waals surface area contributed by atoms with E-state index in [1.807, 2.05) is 24.3 Å². The molecule has 0 saturated carbocycles. The van der Waals surface area contributed by atoms with Crippen molar-refractivity contribution >= 4 is 16.7 Å². The Morgan fingerprint density at radius 3 is 2.90 bits per heavy atom. The molecule has 0 spiro atoms. The molecule has 2 heterocycles. The van der Waals surface area contributed by atoms with Crippen molar-refractivity contribution in [3.8, 4) is 0 Å². The first-order valence-corrected chi connectivity index (χ1v) is 7.34. The molecule has 1 saturated heterocycles. The van der Waals surface area contributed by atoms with Crippen molar-refractivity contribution in [2.24, 2.45) is 0 Å². The maximum atomic E-state index is 5.86. The molecule has 1 aromatic carbocycles. The third-order valence-corrected chi connectivity index (χ3v) is 3.65. The Kier molecular flexibility index (Phi) is 4.46. The summed E-state index contributed by atoms with van der Waals surface area (Å²) in [4.78, 5) is 4.58. The van der Waals surface area contributed by atoms with Gasteiger partial charge >= 0.3 is 0 Å². The number of nitrogens with one attached hydrogen (secondary N) is 2. The normalized spacial score (nSPS) is 16.4. The van der Waals surface area contributed by atoms with Crippen molar-refractivity contribution in [3.63, 3.8) is 0 Å². The molecule has 2 aromatic rings. The first-order chi connectivity index (χ1) is 9.92. The average Bonchev–Trinajstić information content (AvgIpc) is 2.52. The van der Waals surface area contributed by atoms with Crippen LogP contribution in [0.3, 0.4) is 0 Å². The minimum absolute atomic E-state index is 0.419. The van der Waals surface area contributed by atoms with Crippen LogP contribution in [-0.4, -0.2) is 37.3 Å². The molecule has 4 nitrogen and oxygen atoms in total. The van der Waals surface area contributed by atoms with Gasteiger partial charge in [-0.05, 0) is 44.1 Å². The van der Waals surface area contributed by atoms with Crippen molar-refractivity contribution in [1.29, 1.82) is 0 Å². The lowest BCUT2D eigenvalue weighted by molar-refractivity contribution is 0.0394. The van der Waals surface area contributed by atoms with Crippen LogP contribution in [0.15, 0.2) is 36.4 Å². The van der Waals surface area contributed by atoms with Crippen LogP contribution in [0.2, 0.25) is 0 Å². The molecule has 0 atom stereocenters. The molecule has 1 aliphatic rings. The fraction of sp³-hybridized carbons (Fsp3) is 0.438. The molecule has 0 amide bonds. The molecule has 0 bridgehead atoms. The summed E-state index contributed by atoms with van der Waals surface area (Å²) in [5.41, 5.74) is 1.02. The highest BCUT2D eigenvalue weighted by Crippen LogP contribution is 2.14. The smallest absolute Gasteiger partial charge is 0.126 e. The molecule has 0 radical (unpaired) electrons. The number of aromatic nitrogens is 1. The quantitative estimate of drug-likeness (QED) is 0.820. The Balaban J connectivity index is 1.47. The highest BCUT2D eigenvalue weighted by Gasteiger charge is 2.12. The third kappa shape index (κ3) is 3.46. The van der Waals surface area contributed by atoms with Crippen molar-refractivity contribution in [2.45, 2.75) is 18.9 Å². The lowest BCUT2D eigenvalue weighted by atomic mass is 10.1. The number of nitrogens with zero attached hydrogens (tertiary/aromatic N) is 1. The standard InChI is InChI=1S/C16H21N3O/c1-2-4-15-13(3-1)5-6-16(19-15)18-11-12-20-14-7-9-17-10-8-14/h1-6,14,17H,7-12H2,(H,18,19). The highest BCUT2D eigenvalue weighted by molar-refractivity contribution is 5.79. The van der Waals surface area contributed by atoms with E-state index in [0.29, 0.717) is 6.10 Å². The predicted molar refractivity (Wildman–Crippen MR) is 82.1 cm³/mol. The largest absolute Gasteiger partial charge is 0.376 e. The predicted octanol–water partition coefficient (Wildman–Crippen LogP) is 2.42. The van der Waals surface area contributed by atoms with Crippen molar-refractivity contribution in [3.05, 3.63) is 36.4 Å². The number of rotatable bonds is 5. The molecule has 1 aliphatic heterocycles. The Hall–Kier alpha value is -1.65. The lowest BCUT2D eigenvalue weighted by Gasteiger charge is -2.23. The van der Waals surface area contributed by atoms with Crippen LogP contribution < -0.4 is 10.6 Å². The highest BCUT2D eigenvalue weighted by atomic mass is 16.5. The van der Waals surface area contributed by atoms with Crippen LogP contribution in [-0.2, 0) is 4.74 Å². The van der Waals surface area contributed by atoms with Crippen molar-refractivity contribution in [1.82, 2.24) is 10.3 Å². The van der Waals surface area contributed by atoms with Gasteiger partial charge in [-0.25, -0.2) is 4.98 Å². The van der Waals surface area contributed by atoms with Gasteiger partial charge in [-0.3, -0.25) is 0 Å². The summed E-state index contributed by atoms with van der Waals surface area (Å²) in [6.07, 6.45) is 2.66. The lowest BCUT2D eigenvalue weighted by Crippen LogP contribution is -2.33. The molecule has 2 N–H and O–H groups in total. The van der Waals surface area contributed by atoms with Crippen LogP contribution in [0, 0.1) is 0 Å². The summed E-state index contributed by atoms with van der Waals surface area (Å²) in [6.45, 7) is 3.68. The summed E-state index contributed by atoms with van der Waals surface area (Å²) in [6, 6.07) is 12.3. The topological polar surface area (TPSA) is 46.2 Å². The third-order valence-electron chi connectivity index (χ3n) is 3.65. The van der Waals surface area contributed by atoms with Crippen LogP contribution in [0.5, 0.6) is 0 Å². The number of ether oxygens (including phenoxy) is 1. The van der Waals surface area contributed by atoms with Gasteiger partial charge in [0.05, 0.1) is 18.2 Å². The van der Waals surface area contributed by atoms with E-state index in [0.717, 1.165) is 50.4 Å². The molecule has 4 heteroatoms. The van der Waals surface area contributed by atoms with E-state index in [9.17, 15) is 0 Å². The van der Waals surface area contributed by atoms with E-state index in [1.54, 1.807) is 0 Å². The molecule has 20 heavy (non-hydrogen) atoms. The second-order valence-electron chi connectivity index (χ2n) is 5.14. The minimum Gasteiger partial charge on any atom is -0.376 e. The second kappa shape index (κ2) is 6.68. The first kappa shape index (κ1) is 13.3. The van der Waals surface area contributed by atoms with Crippen LogP contribution in [0.25, 0.3) is 10.9 Å². The SMILES string of the molecule is c1ccc2nc(NCCOC3CCNCC3)ccc2c1. The number of fused-ring (bicyclic) bond motifs is 1. The molecule has 1 aromatic heterocycles. The molecule has 1 fully saturated rings. The summed E-state index contributed by atoms with van der Waals surface area (Å²) in [5, 5.41) is 7.84. The zero-order valence-corrected chi connectivity index (χ0v) is 11.6. The van der Waals surface area contributed by atoms with E-state index < -0.39 is 0 Å².